The van der Waals surface area contributed by atoms with Crippen molar-refractivity contribution in [2.75, 3.05) is 0 Å². The van der Waals surface area contributed by atoms with Crippen LogP contribution >= 0.6 is 0 Å². The van der Waals surface area contributed by atoms with Gasteiger partial charge in [-0.1, -0.05) is 4.68 Å². The van der Waals surface area contributed by atoms with E-state index in [0.29, 0.717) is 0 Å². The van der Waals surface area contributed by atoms with Crippen molar-refractivity contribution >= 4 is 0 Å². The standard InChI is InChI=1S/C11H14N3/c1-9-4-6-12-8-11(9)14-7-5-10(2)13(14)3/h4-8H,1-3H3/q+1. The van der Waals surface area contributed by atoms with Crippen LogP contribution in [0.4, 0.5) is 0 Å². The van der Waals surface area contributed by atoms with Gasteiger partial charge in [-0.05, 0) is 19.9 Å². The summed E-state index contributed by atoms with van der Waals surface area (Å²) >= 11 is 0. The third-order valence-corrected chi connectivity index (χ3v) is 2.55. The van der Waals surface area contributed by atoms with Gasteiger partial charge in [0.25, 0.3) is 5.69 Å². The molecule has 2 aromatic heterocycles. The maximum atomic E-state index is 4.14. The van der Waals surface area contributed by atoms with Crippen molar-refractivity contribution in [2.24, 2.45) is 7.05 Å². The van der Waals surface area contributed by atoms with Crippen LogP contribution in [0.1, 0.15) is 11.3 Å². The zero-order valence-electron chi connectivity index (χ0n) is 8.73. The van der Waals surface area contributed by atoms with Crippen molar-refractivity contribution < 1.29 is 4.68 Å². The van der Waals surface area contributed by atoms with E-state index in [9.17, 15) is 0 Å². The lowest BCUT2D eigenvalue weighted by Gasteiger charge is -1.99. The molecule has 0 aliphatic rings. The Hall–Kier alpha value is -1.64. The van der Waals surface area contributed by atoms with Gasteiger partial charge in [-0.2, -0.15) is 4.68 Å². The first-order chi connectivity index (χ1) is 6.70. The third kappa shape index (κ3) is 1.31. The van der Waals surface area contributed by atoms with Crippen LogP contribution in [-0.4, -0.2) is 9.67 Å². The first kappa shape index (κ1) is 8.94. The number of aryl methyl sites for hydroxylation is 2. The average molecular weight is 188 g/mol. The van der Waals surface area contributed by atoms with Crippen LogP contribution in [0.3, 0.4) is 0 Å². The predicted molar refractivity (Wildman–Crippen MR) is 54.2 cm³/mol. The van der Waals surface area contributed by atoms with Gasteiger partial charge in [-0.25, -0.2) is 0 Å². The first-order valence-corrected chi connectivity index (χ1v) is 4.65. The molecule has 0 amide bonds. The molecule has 2 heterocycles. The minimum atomic E-state index is 1.13. The minimum absolute atomic E-state index is 1.13. The molecule has 0 aromatic carbocycles. The molecular weight excluding hydrogens is 174 g/mol. The second-order valence-corrected chi connectivity index (χ2v) is 3.49. The maximum absolute atomic E-state index is 4.14. The molecule has 0 aliphatic heterocycles. The molecule has 72 valence electrons. The van der Waals surface area contributed by atoms with Gasteiger partial charge in [0.2, 0.25) is 6.20 Å². The molecule has 3 heteroatoms. The molecule has 0 saturated carbocycles. The molecule has 2 aromatic rings. The van der Waals surface area contributed by atoms with E-state index < -0.39 is 0 Å². The summed E-state index contributed by atoms with van der Waals surface area (Å²) in [6.07, 6.45) is 5.75. The van der Waals surface area contributed by atoms with Crippen LogP contribution in [-0.2, 0) is 7.05 Å². The van der Waals surface area contributed by atoms with Crippen LogP contribution < -0.4 is 4.68 Å². The number of hydrogen-bond donors (Lipinski definition) is 0. The van der Waals surface area contributed by atoms with Crippen LogP contribution in [0.25, 0.3) is 5.69 Å². The molecule has 0 atom stereocenters. The van der Waals surface area contributed by atoms with Gasteiger partial charge in [0, 0.05) is 17.8 Å². The first-order valence-electron chi connectivity index (χ1n) is 4.65. The second-order valence-electron chi connectivity index (χ2n) is 3.49. The van der Waals surface area contributed by atoms with Crippen LogP contribution in [0.2, 0.25) is 0 Å². The van der Waals surface area contributed by atoms with E-state index in [1.54, 1.807) is 0 Å². The lowest BCUT2D eigenvalue weighted by atomic mass is 10.2. The molecule has 0 fully saturated rings. The fourth-order valence-electron chi connectivity index (χ4n) is 1.49. The highest BCUT2D eigenvalue weighted by Gasteiger charge is 2.14. The SMILES string of the molecule is Cc1ccncc1-[n+]1ccc(C)n1C. The van der Waals surface area contributed by atoms with E-state index >= 15 is 0 Å². The Morgan fingerprint density at radius 2 is 2.07 bits per heavy atom. The number of aromatic nitrogens is 3. The summed E-state index contributed by atoms with van der Waals surface area (Å²) in [4.78, 5) is 4.14. The monoisotopic (exact) mass is 188 g/mol. The molecule has 3 nitrogen and oxygen atoms in total. The lowest BCUT2D eigenvalue weighted by Crippen LogP contribution is -2.39. The fraction of sp³-hybridized carbons (Fsp3) is 0.273. The molecule has 0 bridgehead atoms. The van der Waals surface area contributed by atoms with E-state index in [0.717, 1.165) is 5.69 Å². The van der Waals surface area contributed by atoms with Gasteiger partial charge in [0.05, 0.1) is 12.7 Å². The van der Waals surface area contributed by atoms with E-state index in [2.05, 4.69) is 40.5 Å². The number of hydrogen-bond acceptors (Lipinski definition) is 1. The van der Waals surface area contributed by atoms with Crippen molar-refractivity contribution in [1.29, 1.82) is 0 Å². The zero-order chi connectivity index (χ0) is 10.1. The van der Waals surface area contributed by atoms with Gasteiger partial charge in [-0.15, -0.1) is 0 Å². The summed E-state index contributed by atoms with van der Waals surface area (Å²) in [7, 11) is 2.04. The van der Waals surface area contributed by atoms with Crippen molar-refractivity contribution in [3.63, 3.8) is 0 Å². The molecule has 14 heavy (non-hydrogen) atoms. The zero-order valence-corrected chi connectivity index (χ0v) is 8.73. The molecule has 0 saturated heterocycles. The third-order valence-electron chi connectivity index (χ3n) is 2.55. The van der Waals surface area contributed by atoms with Crippen LogP contribution in [0.5, 0.6) is 0 Å². The summed E-state index contributed by atoms with van der Waals surface area (Å²) in [6.45, 7) is 4.18. The van der Waals surface area contributed by atoms with E-state index in [1.807, 2.05) is 25.5 Å². The Labute approximate surface area is 83.6 Å². The Balaban J connectivity index is 2.60. The Morgan fingerprint density at radius 1 is 1.29 bits per heavy atom. The van der Waals surface area contributed by atoms with Crippen molar-refractivity contribution in [1.82, 2.24) is 9.67 Å². The molecule has 0 radical (unpaired) electrons. The highest BCUT2D eigenvalue weighted by molar-refractivity contribution is 5.27. The van der Waals surface area contributed by atoms with Gasteiger partial charge in [0.1, 0.15) is 6.20 Å². The summed E-state index contributed by atoms with van der Waals surface area (Å²) in [5.74, 6) is 0. The van der Waals surface area contributed by atoms with Crippen molar-refractivity contribution in [3.8, 4) is 5.69 Å². The Morgan fingerprint density at radius 3 is 2.64 bits per heavy atom. The number of pyridine rings is 1. The number of rotatable bonds is 1. The topological polar surface area (TPSA) is 21.7 Å². The predicted octanol–water partition coefficient (Wildman–Crippen LogP) is 1.31. The second kappa shape index (κ2) is 3.25. The molecule has 0 aliphatic carbocycles. The van der Waals surface area contributed by atoms with Gasteiger partial charge < -0.3 is 0 Å². The highest BCUT2D eigenvalue weighted by atomic mass is 15.4. The van der Waals surface area contributed by atoms with E-state index in [1.165, 1.54) is 11.3 Å². The van der Waals surface area contributed by atoms with Gasteiger partial charge >= 0.3 is 0 Å². The van der Waals surface area contributed by atoms with E-state index in [4.69, 9.17) is 0 Å². The summed E-state index contributed by atoms with van der Waals surface area (Å²) < 4.78 is 4.20. The van der Waals surface area contributed by atoms with Crippen molar-refractivity contribution in [3.05, 3.63) is 42.0 Å². The molecule has 2 rings (SSSR count). The minimum Gasteiger partial charge on any atom is -0.258 e. The Bertz CT molecular complexity index is 457. The molecular formula is C11H14N3+. The largest absolute Gasteiger partial charge is 0.258 e. The quantitative estimate of drug-likeness (QED) is 0.618. The smallest absolute Gasteiger partial charge is 0.256 e. The van der Waals surface area contributed by atoms with Crippen molar-refractivity contribution in [2.45, 2.75) is 13.8 Å². The molecule has 0 N–H and O–H groups in total. The average Bonchev–Trinajstić information content (AvgIpc) is 2.49. The van der Waals surface area contributed by atoms with Crippen LogP contribution in [0.15, 0.2) is 30.7 Å². The lowest BCUT2D eigenvalue weighted by molar-refractivity contribution is -0.683. The van der Waals surface area contributed by atoms with E-state index in [-0.39, 0.29) is 0 Å². The molecule has 0 unspecified atom stereocenters. The van der Waals surface area contributed by atoms with Crippen LogP contribution in [0, 0.1) is 13.8 Å². The summed E-state index contributed by atoms with van der Waals surface area (Å²) in [5.41, 5.74) is 3.59. The van der Waals surface area contributed by atoms with Gasteiger partial charge in [-0.3, -0.25) is 4.98 Å². The maximum Gasteiger partial charge on any atom is 0.256 e. The molecule has 0 spiro atoms. The highest BCUT2D eigenvalue weighted by Crippen LogP contribution is 2.04. The fourth-order valence-corrected chi connectivity index (χ4v) is 1.49. The number of nitrogens with zero attached hydrogens (tertiary/aromatic N) is 3. The Kier molecular flexibility index (Phi) is 2.08. The summed E-state index contributed by atoms with van der Waals surface area (Å²) in [6, 6.07) is 4.11. The summed E-state index contributed by atoms with van der Waals surface area (Å²) in [5, 5.41) is 0. The van der Waals surface area contributed by atoms with Gasteiger partial charge in [0.15, 0.2) is 0 Å². The normalized spacial score (nSPS) is 10.5.